The van der Waals surface area contributed by atoms with E-state index in [-0.39, 0.29) is 0 Å². The van der Waals surface area contributed by atoms with E-state index in [2.05, 4.69) is 146 Å². The molecule has 1 N–H and O–H groups in total. The zero-order valence-corrected chi connectivity index (χ0v) is 24.2. The molecule has 0 saturated carbocycles. The largest absolute Gasteiger partial charge is 0.316 e. The Labute approximate surface area is 242 Å². The summed E-state index contributed by atoms with van der Waals surface area (Å²) in [6.07, 6.45) is 31.4. The number of rotatable bonds is 15. The van der Waals surface area contributed by atoms with E-state index < -0.39 is 0 Å². The summed E-state index contributed by atoms with van der Waals surface area (Å²) >= 11 is 0. The van der Waals surface area contributed by atoms with E-state index in [9.17, 15) is 0 Å². The zero-order chi connectivity index (χ0) is 28.4. The Bertz CT molecular complexity index is 1440. The van der Waals surface area contributed by atoms with Crippen LogP contribution < -0.4 is 5.32 Å². The van der Waals surface area contributed by atoms with Crippen LogP contribution in [-0.2, 0) is 6.42 Å². The molecule has 3 aromatic carbocycles. The lowest BCUT2D eigenvalue weighted by Crippen LogP contribution is -2.03. The molecule has 40 heavy (non-hydrogen) atoms. The molecule has 0 heterocycles. The average molecular weight is 526 g/mol. The molecule has 0 saturated heterocycles. The fourth-order valence-electron chi connectivity index (χ4n) is 4.39. The molecule has 0 radical (unpaired) electrons. The zero-order valence-electron chi connectivity index (χ0n) is 24.2. The molecular weight excluding hydrogens is 482 g/mol. The van der Waals surface area contributed by atoms with Gasteiger partial charge in [0.15, 0.2) is 0 Å². The first kappa shape index (κ1) is 30.3. The van der Waals surface area contributed by atoms with Gasteiger partial charge in [0, 0.05) is 6.54 Å². The van der Waals surface area contributed by atoms with Gasteiger partial charge in [-0.3, -0.25) is 0 Å². The highest BCUT2D eigenvalue weighted by Gasteiger charge is 2.04. The Morgan fingerprint density at radius 2 is 1.45 bits per heavy atom. The summed E-state index contributed by atoms with van der Waals surface area (Å²) in [5, 5.41) is 5.62. The van der Waals surface area contributed by atoms with Gasteiger partial charge in [0.1, 0.15) is 0 Å². The molecule has 0 aliphatic carbocycles. The van der Waals surface area contributed by atoms with Gasteiger partial charge in [-0.15, -0.1) is 0 Å². The highest BCUT2D eigenvalue weighted by Crippen LogP contribution is 2.28. The fraction of sp³-hybridized carbons (Fsp3) is 0.179. The molecule has 3 rings (SSSR count). The maximum absolute atomic E-state index is 4.18. The molecule has 0 aliphatic heterocycles. The molecule has 0 amide bonds. The number of hydrogen-bond donors (Lipinski definition) is 1. The lowest BCUT2D eigenvalue weighted by atomic mass is 9.96. The maximum Gasteiger partial charge on any atom is 0.0134 e. The predicted molar refractivity (Wildman–Crippen MR) is 181 cm³/mol. The van der Waals surface area contributed by atoms with E-state index in [1.807, 2.05) is 20.0 Å². The normalized spacial score (nSPS) is 12.4. The van der Waals surface area contributed by atoms with Crippen molar-refractivity contribution in [1.29, 1.82) is 0 Å². The average Bonchev–Trinajstić information content (AvgIpc) is 2.98. The van der Waals surface area contributed by atoms with Crippen LogP contribution in [0.5, 0.6) is 0 Å². The number of fused-ring (bicyclic) bond motifs is 1. The molecule has 0 fully saturated rings. The number of allylic oxidation sites excluding steroid dienone is 11. The van der Waals surface area contributed by atoms with Gasteiger partial charge in [0.05, 0.1) is 0 Å². The molecule has 0 aromatic heterocycles. The van der Waals surface area contributed by atoms with Crippen LogP contribution in [0, 0.1) is 0 Å². The van der Waals surface area contributed by atoms with Crippen LogP contribution in [0.15, 0.2) is 140 Å². The van der Waals surface area contributed by atoms with Gasteiger partial charge in [-0.25, -0.2) is 0 Å². The number of hydrogen-bond acceptors (Lipinski definition) is 1. The van der Waals surface area contributed by atoms with Crippen molar-refractivity contribution in [1.82, 2.24) is 5.32 Å². The van der Waals surface area contributed by atoms with Crippen LogP contribution in [0.1, 0.15) is 42.9 Å². The second-order valence-electron chi connectivity index (χ2n) is 9.76. The number of benzene rings is 3. The first-order chi connectivity index (χ1) is 19.6. The number of nitrogens with one attached hydrogen (secondary N) is 1. The Balaban J connectivity index is 1.48. The van der Waals surface area contributed by atoms with Crippen molar-refractivity contribution >= 4 is 22.9 Å². The van der Waals surface area contributed by atoms with Crippen LogP contribution in [0.3, 0.4) is 0 Å². The SMILES string of the molecule is C=Cc1ccc(-c2ccc3cc(C/C=C\CC(=C)/C=C\C=C/CC/C=C\C=C/CNC)ccc3c2)cc1/C=C\C. The summed E-state index contributed by atoms with van der Waals surface area (Å²) in [6, 6.07) is 20.0. The summed E-state index contributed by atoms with van der Waals surface area (Å²) < 4.78 is 0. The first-order valence-corrected chi connectivity index (χ1v) is 14.2. The molecule has 3 aromatic rings. The van der Waals surface area contributed by atoms with Crippen LogP contribution in [-0.4, -0.2) is 13.6 Å². The van der Waals surface area contributed by atoms with Crippen molar-refractivity contribution in [3.63, 3.8) is 0 Å². The van der Waals surface area contributed by atoms with Crippen LogP contribution >= 0.6 is 0 Å². The lowest BCUT2D eigenvalue weighted by molar-refractivity contribution is 0.919. The third-order valence-electron chi connectivity index (χ3n) is 6.58. The second-order valence-corrected chi connectivity index (χ2v) is 9.76. The molecule has 0 unspecified atom stereocenters. The standard InChI is InChI=1S/C39H43N/c1-5-18-35-30-38(25-24-34(35)6-2)39-27-26-36-29-33(22-23-37(36)31-39)21-16-15-20-32(3)19-14-12-10-8-7-9-11-13-17-28-40-4/h5-6,9-19,22-27,29-31,40H,2-3,7-8,20-21,28H2,1,4H3/b11-9-,12-10-,16-15-,17-13-,18-5-,19-14-. The maximum atomic E-state index is 4.18. The molecule has 0 bridgehead atoms. The first-order valence-electron chi connectivity index (χ1n) is 14.2. The third kappa shape index (κ3) is 10.2. The summed E-state index contributed by atoms with van der Waals surface area (Å²) in [4.78, 5) is 0. The molecule has 204 valence electrons. The van der Waals surface area contributed by atoms with Gasteiger partial charge in [-0.05, 0) is 90.4 Å². The van der Waals surface area contributed by atoms with Gasteiger partial charge >= 0.3 is 0 Å². The van der Waals surface area contributed by atoms with Gasteiger partial charge in [-0.2, -0.15) is 0 Å². The number of unbranched alkanes of at least 4 members (excludes halogenated alkanes) is 1. The highest BCUT2D eigenvalue weighted by atomic mass is 14.8. The van der Waals surface area contributed by atoms with Crippen molar-refractivity contribution in [3.05, 3.63) is 157 Å². The van der Waals surface area contributed by atoms with Gasteiger partial charge in [0.2, 0.25) is 0 Å². The second kappa shape index (κ2) is 17.4. The topological polar surface area (TPSA) is 12.0 Å². The summed E-state index contributed by atoms with van der Waals surface area (Å²) in [5.41, 5.74) is 7.23. The van der Waals surface area contributed by atoms with E-state index in [4.69, 9.17) is 0 Å². The van der Waals surface area contributed by atoms with Gasteiger partial charge in [0.25, 0.3) is 0 Å². The van der Waals surface area contributed by atoms with E-state index in [1.165, 1.54) is 33.0 Å². The molecule has 0 spiro atoms. The highest BCUT2D eigenvalue weighted by molar-refractivity contribution is 5.88. The van der Waals surface area contributed by atoms with Gasteiger partial charge in [-0.1, -0.05) is 140 Å². The fourth-order valence-corrected chi connectivity index (χ4v) is 4.39. The van der Waals surface area contributed by atoms with Crippen LogP contribution in [0.25, 0.3) is 34.1 Å². The summed E-state index contributed by atoms with van der Waals surface area (Å²) in [5.74, 6) is 0. The summed E-state index contributed by atoms with van der Waals surface area (Å²) in [6.45, 7) is 11.1. The van der Waals surface area contributed by atoms with E-state index >= 15 is 0 Å². The third-order valence-corrected chi connectivity index (χ3v) is 6.58. The van der Waals surface area contributed by atoms with Crippen molar-refractivity contribution in [2.75, 3.05) is 13.6 Å². The van der Waals surface area contributed by atoms with E-state index in [0.29, 0.717) is 0 Å². The minimum atomic E-state index is 0.864. The molecule has 1 heteroatoms. The smallest absolute Gasteiger partial charge is 0.0134 e. The quantitative estimate of drug-likeness (QED) is 0.118. The number of likely N-dealkylation sites (N-methyl/N-ethyl adjacent to an activating group) is 1. The Morgan fingerprint density at radius 1 is 0.750 bits per heavy atom. The molecule has 0 atom stereocenters. The molecule has 1 nitrogen and oxygen atoms in total. The summed E-state index contributed by atoms with van der Waals surface area (Å²) in [7, 11) is 1.95. The van der Waals surface area contributed by atoms with E-state index in [0.717, 1.165) is 43.4 Å². The predicted octanol–water partition coefficient (Wildman–Crippen LogP) is 10.5. The van der Waals surface area contributed by atoms with E-state index in [1.54, 1.807) is 0 Å². The lowest BCUT2D eigenvalue weighted by Gasteiger charge is -2.09. The minimum Gasteiger partial charge on any atom is -0.316 e. The van der Waals surface area contributed by atoms with Crippen molar-refractivity contribution in [2.24, 2.45) is 0 Å². The van der Waals surface area contributed by atoms with Gasteiger partial charge < -0.3 is 5.32 Å². The van der Waals surface area contributed by atoms with Crippen LogP contribution in [0.2, 0.25) is 0 Å². The minimum absolute atomic E-state index is 0.864. The van der Waals surface area contributed by atoms with Crippen molar-refractivity contribution < 1.29 is 0 Å². The Kier molecular flexibility index (Phi) is 13.2. The molecular formula is C39H43N. The Morgan fingerprint density at radius 3 is 2.23 bits per heavy atom. The van der Waals surface area contributed by atoms with Crippen molar-refractivity contribution in [2.45, 2.75) is 32.6 Å². The van der Waals surface area contributed by atoms with Crippen LogP contribution in [0.4, 0.5) is 0 Å². The monoisotopic (exact) mass is 525 g/mol. The van der Waals surface area contributed by atoms with Crippen molar-refractivity contribution in [3.8, 4) is 11.1 Å². The molecule has 0 aliphatic rings. The Hall–Kier alpha value is -4.20.